The van der Waals surface area contributed by atoms with E-state index in [4.69, 9.17) is 27.9 Å². The largest absolute Gasteiger partial charge is 0.486 e. The summed E-state index contributed by atoms with van der Waals surface area (Å²) in [6.07, 6.45) is 1.21. The first kappa shape index (κ1) is 25.6. The molecule has 1 aliphatic heterocycles. The topological polar surface area (TPSA) is 41.9 Å². The molecule has 1 heterocycles. The number of hydrazone groups is 1. The van der Waals surface area contributed by atoms with E-state index in [1.807, 2.05) is 0 Å². The van der Waals surface area contributed by atoms with Crippen LogP contribution in [0.3, 0.4) is 0 Å². The smallest absolute Gasteiger partial charge is 0.280 e. The number of carbonyl (C=O) groups excluding carboxylic acids is 1. The molecule has 1 aliphatic rings. The fourth-order valence-corrected chi connectivity index (χ4v) is 3.96. The Kier molecular flexibility index (Phi) is 7.01. The third-order valence-corrected chi connectivity index (χ3v) is 5.68. The minimum atomic E-state index is -2.36. The van der Waals surface area contributed by atoms with Crippen LogP contribution in [0, 0.1) is 34.9 Å². The van der Waals surface area contributed by atoms with Crippen LogP contribution < -0.4 is 9.75 Å². The summed E-state index contributed by atoms with van der Waals surface area (Å²) in [7, 11) is 0. The fraction of sp³-hybridized carbons (Fsp3) is 0.0833. The SMILES string of the molecule is CC1=NN(c2c(F)c(F)c(F)c(F)c2F)C(=O)/C1=C/c1cc(Cl)c(OCc2ccccc2F)c(Cl)c1. The fourth-order valence-electron chi connectivity index (χ4n) is 3.35. The lowest BCUT2D eigenvalue weighted by molar-refractivity contribution is -0.114. The molecule has 36 heavy (non-hydrogen) atoms. The van der Waals surface area contributed by atoms with Crippen LogP contribution in [0.1, 0.15) is 18.1 Å². The number of anilines is 1. The van der Waals surface area contributed by atoms with E-state index in [1.165, 1.54) is 43.3 Å². The highest BCUT2D eigenvalue weighted by atomic mass is 35.5. The van der Waals surface area contributed by atoms with Gasteiger partial charge in [-0.15, -0.1) is 0 Å². The number of nitrogens with zero attached hydrogens (tertiary/aromatic N) is 2. The lowest BCUT2D eigenvalue weighted by Gasteiger charge is -2.15. The minimum absolute atomic E-state index is 0.00217. The van der Waals surface area contributed by atoms with Crippen molar-refractivity contribution in [2.45, 2.75) is 13.5 Å². The predicted octanol–water partition coefficient (Wildman–Crippen LogP) is 7.21. The second kappa shape index (κ2) is 9.87. The summed E-state index contributed by atoms with van der Waals surface area (Å²) in [5.74, 6) is -12.8. The first-order valence-electron chi connectivity index (χ1n) is 9.99. The molecule has 0 atom stereocenters. The highest BCUT2D eigenvalue weighted by Gasteiger charge is 2.37. The predicted molar refractivity (Wildman–Crippen MR) is 122 cm³/mol. The molecular formula is C24H12Cl2F6N2O2. The van der Waals surface area contributed by atoms with Crippen LogP contribution in [0.15, 0.2) is 47.1 Å². The molecule has 0 radical (unpaired) electrons. The van der Waals surface area contributed by atoms with Crippen LogP contribution in [0.5, 0.6) is 5.75 Å². The first-order chi connectivity index (χ1) is 17.0. The van der Waals surface area contributed by atoms with Crippen LogP contribution in [-0.4, -0.2) is 11.6 Å². The van der Waals surface area contributed by atoms with E-state index in [-0.39, 0.29) is 49.8 Å². The van der Waals surface area contributed by atoms with Crippen LogP contribution >= 0.6 is 23.2 Å². The molecule has 12 heteroatoms. The summed E-state index contributed by atoms with van der Waals surface area (Å²) in [5.41, 5.74) is -1.30. The second-order valence-corrected chi connectivity index (χ2v) is 8.29. The number of rotatable bonds is 5. The summed E-state index contributed by atoms with van der Waals surface area (Å²) in [4.78, 5) is 12.8. The molecule has 0 spiro atoms. The third-order valence-electron chi connectivity index (χ3n) is 5.12. The summed E-state index contributed by atoms with van der Waals surface area (Å²) in [6, 6.07) is 8.61. The van der Waals surface area contributed by atoms with Crippen LogP contribution in [0.25, 0.3) is 6.08 Å². The van der Waals surface area contributed by atoms with Crippen molar-refractivity contribution in [2.24, 2.45) is 5.10 Å². The molecule has 1 amide bonds. The highest BCUT2D eigenvalue weighted by Crippen LogP contribution is 2.37. The molecule has 0 bridgehead atoms. The number of halogens is 8. The molecular weight excluding hydrogens is 533 g/mol. The van der Waals surface area contributed by atoms with Crippen molar-refractivity contribution in [3.05, 3.63) is 98.0 Å². The van der Waals surface area contributed by atoms with Gasteiger partial charge in [0, 0.05) is 5.56 Å². The normalized spacial score (nSPS) is 14.6. The Bertz CT molecular complexity index is 1420. The molecule has 0 saturated carbocycles. The van der Waals surface area contributed by atoms with E-state index in [9.17, 15) is 31.1 Å². The van der Waals surface area contributed by atoms with Gasteiger partial charge in [-0.3, -0.25) is 4.79 Å². The Morgan fingerprint density at radius 3 is 2.06 bits per heavy atom. The number of amides is 1. The average molecular weight is 545 g/mol. The highest BCUT2D eigenvalue weighted by molar-refractivity contribution is 6.37. The monoisotopic (exact) mass is 544 g/mol. The lowest BCUT2D eigenvalue weighted by atomic mass is 10.1. The molecule has 0 fully saturated rings. The number of carbonyl (C=O) groups is 1. The van der Waals surface area contributed by atoms with Gasteiger partial charge in [0.25, 0.3) is 5.91 Å². The van der Waals surface area contributed by atoms with Crippen molar-refractivity contribution in [1.29, 1.82) is 0 Å². The van der Waals surface area contributed by atoms with E-state index < -0.39 is 46.5 Å². The van der Waals surface area contributed by atoms with Crippen molar-refractivity contribution in [1.82, 2.24) is 0 Å². The van der Waals surface area contributed by atoms with Crippen molar-refractivity contribution in [2.75, 3.05) is 5.01 Å². The van der Waals surface area contributed by atoms with Crippen molar-refractivity contribution in [3.8, 4) is 5.75 Å². The van der Waals surface area contributed by atoms with Gasteiger partial charge >= 0.3 is 0 Å². The Morgan fingerprint density at radius 1 is 0.917 bits per heavy atom. The number of hydrogen-bond acceptors (Lipinski definition) is 3. The van der Waals surface area contributed by atoms with E-state index in [1.54, 1.807) is 6.07 Å². The molecule has 0 aromatic heterocycles. The number of ether oxygens (including phenoxy) is 1. The van der Waals surface area contributed by atoms with Gasteiger partial charge in [-0.1, -0.05) is 41.4 Å². The summed E-state index contributed by atoms with van der Waals surface area (Å²) in [5, 5.41) is 3.75. The van der Waals surface area contributed by atoms with Crippen LogP contribution in [-0.2, 0) is 11.4 Å². The van der Waals surface area contributed by atoms with E-state index in [0.29, 0.717) is 0 Å². The van der Waals surface area contributed by atoms with Crippen molar-refractivity contribution < 1.29 is 35.9 Å². The van der Waals surface area contributed by atoms with E-state index in [2.05, 4.69) is 5.10 Å². The Morgan fingerprint density at radius 2 is 1.47 bits per heavy atom. The third kappa shape index (κ3) is 4.54. The standard InChI is InChI=1S/C24H12Cl2F6N2O2/c1-10-13(24(35)34(33-10)22-20(31)18(29)17(28)19(30)21(22)32)6-11-7-14(25)23(15(26)8-11)36-9-12-4-2-3-5-16(12)27/h2-8H,9H2,1H3/b13-6+. The van der Waals surface area contributed by atoms with E-state index >= 15 is 0 Å². The first-order valence-corrected chi connectivity index (χ1v) is 10.7. The van der Waals surface area contributed by atoms with Gasteiger partial charge in [0.05, 0.1) is 21.3 Å². The van der Waals surface area contributed by atoms with Gasteiger partial charge in [-0.05, 0) is 36.8 Å². The maximum atomic E-state index is 14.2. The molecule has 0 N–H and O–H groups in total. The zero-order valence-electron chi connectivity index (χ0n) is 18.0. The average Bonchev–Trinajstić information content (AvgIpc) is 3.10. The molecule has 0 unspecified atom stereocenters. The maximum Gasteiger partial charge on any atom is 0.280 e. The molecule has 3 aromatic carbocycles. The molecule has 4 nitrogen and oxygen atoms in total. The molecule has 3 aromatic rings. The Hall–Kier alpha value is -3.50. The van der Waals surface area contributed by atoms with E-state index in [0.717, 1.165) is 0 Å². The molecule has 0 saturated heterocycles. The minimum Gasteiger partial charge on any atom is -0.486 e. The van der Waals surface area contributed by atoms with Gasteiger partial charge in [-0.25, -0.2) is 26.3 Å². The quantitative estimate of drug-likeness (QED) is 0.147. The molecule has 4 rings (SSSR count). The second-order valence-electron chi connectivity index (χ2n) is 7.47. The van der Waals surface area contributed by atoms with Gasteiger partial charge in [-0.2, -0.15) is 10.1 Å². The lowest BCUT2D eigenvalue weighted by Crippen LogP contribution is -2.25. The Labute approximate surface area is 210 Å². The molecule has 186 valence electrons. The van der Waals surface area contributed by atoms with Gasteiger partial charge in [0.1, 0.15) is 18.1 Å². The number of hydrogen-bond donors (Lipinski definition) is 0. The van der Waals surface area contributed by atoms with Crippen LogP contribution in [0.4, 0.5) is 32.0 Å². The zero-order valence-corrected chi connectivity index (χ0v) is 19.5. The Balaban J connectivity index is 1.64. The van der Waals surface area contributed by atoms with Gasteiger partial charge in [0.15, 0.2) is 29.0 Å². The zero-order chi connectivity index (χ0) is 26.3. The summed E-state index contributed by atoms with van der Waals surface area (Å²) in [6.45, 7) is 1.12. The summed E-state index contributed by atoms with van der Waals surface area (Å²) < 4.78 is 88.4. The van der Waals surface area contributed by atoms with Crippen molar-refractivity contribution >= 4 is 46.6 Å². The summed E-state index contributed by atoms with van der Waals surface area (Å²) >= 11 is 12.5. The maximum absolute atomic E-state index is 14.2. The van der Waals surface area contributed by atoms with Gasteiger partial charge < -0.3 is 4.74 Å². The number of benzene rings is 3. The molecule has 0 aliphatic carbocycles. The van der Waals surface area contributed by atoms with Gasteiger partial charge in [0.2, 0.25) is 5.82 Å². The van der Waals surface area contributed by atoms with Crippen LogP contribution in [0.2, 0.25) is 10.0 Å². The van der Waals surface area contributed by atoms with Crippen molar-refractivity contribution in [3.63, 3.8) is 0 Å².